The lowest BCUT2D eigenvalue weighted by molar-refractivity contribution is -0.119. The normalized spacial score (nSPS) is 16.3. The number of nitrogens with one attached hydrogen (secondary N) is 1. The Morgan fingerprint density at radius 1 is 1.42 bits per heavy atom. The van der Waals surface area contributed by atoms with Gasteiger partial charge in [0.05, 0.1) is 11.6 Å². The number of Topliss-reactive ketones (excluding diaryl/α,β-unsaturated/α-hetero) is 1. The molecule has 1 fully saturated rings. The van der Waals surface area contributed by atoms with Crippen LogP contribution in [0.5, 0.6) is 5.75 Å². The predicted octanol–water partition coefficient (Wildman–Crippen LogP) is 2.96. The molecule has 0 bridgehead atoms. The minimum atomic E-state index is 0.337. The van der Waals surface area contributed by atoms with Gasteiger partial charge in [0.1, 0.15) is 11.5 Å². The SMILES string of the molecule is COc1ccc(CC(=O)CC2CCNCC2)cc1Br. The summed E-state index contributed by atoms with van der Waals surface area (Å²) in [5.74, 6) is 1.70. The summed E-state index contributed by atoms with van der Waals surface area (Å²) in [5, 5.41) is 3.33. The van der Waals surface area contributed by atoms with E-state index in [1.165, 1.54) is 0 Å². The lowest BCUT2D eigenvalue weighted by Gasteiger charge is -2.21. The van der Waals surface area contributed by atoms with Gasteiger partial charge >= 0.3 is 0 Å². The van der Waals surface area contributed by atoms with Crippen molar-refractivity contribution in [2.75, 3.05) is 20.2 Å². The van der Waals surface area contributed by atoms with E-state index in [-0.39, 0.29) is 0 Å². The lowest BCUT2D eigenvalue weighted by atomic mass is 9.91. The minimum Gasteiger partial charge on any atom is -0.496 e. The van der Waals surface area contributed by atoms with Crippen LogP contribution in [0.15, 0.2) is 22.7 Å². The number of rotatable bonds is 5. The van der Waals surface area contributed by atoms with Crippen LogP contribution in [0.25, 0.3) is 0 Å². The van der Waals surface area contributed by atoms with Gasteiger partial charge in [0.25, 0.3) is 0 Å². The molecule has 1 aliphatic heterocycles. The molecule has 2 rings (SSSR count). The summed E-state index contributed by atoms with van der Waals surface area (Å²) in [7, 11) is 1.64. The number of methoxy groups -OCH3 is 1. The average molecular weight is 326 g/mol. The Morgan fingerprint density at radius 3 is 2.79 bits per heavy atom. The topological polar surface area (TPSA) is 38.3 Å². The van der Waals surface area contributed by atoms with Crippen molar-refractivity contribution >= 4 is 21.7 Å². The second-order valence-electron chi connectivity index (χ2n) is 5.08. The van der Waals surface area contributed by atoms with Crippen LogP contribution in [0.2, 0.25) is 0 Å². The molecule has 19 heavy (non-hydrogen) atoms. The number of halogens is 1. The van der Waals surface area contributed by atoms with E-state index in [4.69, 9.17) is 4.74 Å². The van der Waals surface area contributed by atoms with Crippen LogP contribution in [0.4, 0.5) is 0 Å². The van der Waals surface area contributed by atoms with E-state index in [1.54, 1.807) is 7.11 Å². The number of hydrogen-bond acceptors (Lipinski definition) is 3. The van der Waals surface area contributed by atoms with Gasteiger partial charge in [-0.15, -0.1) is 0 Å². The second kappa shape index (κ2) is 7.06. The Bertz CT molecular complexity index is 442. The summed E-state index contributed by atoms with van der Waals surface area (Å²) in [6.45, 7) is 2.10. The number of carbonyl (C=O) groups excluding carboxylic acids is 1. The molecule has 0 spiro atoms. The Hall–Kier alpha value is -0.870. The summed E-state index contributed by atoms with van der Waals surface area (Å²) in [6.07, 6.45) is 3.48. The molecule has 1 N–H and O–H groups in total. The summed E-state index contributed by atoms with van der Waals surface area (Å²) in [6, 6.07) is 5.83. The van der Waals surface area contributed by atoms with Gasteiger partial charge in [-0.1, -0.05) is 6.07 Å². The fourth-order valence-electron chi connectivity index (χ4n) is 2.53. The average Bonchev–Trinajstić information content (AvgIpc) is 2.40. The molecule has 0 amide bonds. The smallest absolute Gasteiger partial charge is 0.137 e. The summed E-state index contributed by atoms with van der Waals surface area (Å²) < 4.78 is 6.09. The molecule has 0 saturated carbocycles. The maximum absolute atomic E-state index is 12.1. The van der Waals surface area contributed by atoms with Crippen molar-refractivity contribution in [3.8, 4) is 5.75 Å². The summed E-state index contributed by atoms with van der Waals surface area (Å²) >= 11 is 3.45. The molecule has 1 aromatic rings. The van der Waals surface area contributed by atoms with E-state index in [2.05, 4.69) is 21.2 Å². The highest BCUT2D eigenvalue weighted by Gasteiger charge is 2.17. The van der Waals surface area contributed by atoms with Gasteiger partial charge in [-0.3, -0.25) is 4.79 Å². The predicted molar refractivity (Wildman–Crippen MR) is 79.6 cm³/mol. The van der Waals surface area contributed by atoms with Crippen LogP contribution in [0.3, 0.4) is 0 Å². The summed E-state index contributed by atoms with van der Waals surface area (Å²) in [5.41, 5.74) is 1.05. The third kappa shape index (κ3) is 4.32. The number of carbonyl (C=O) groups is 1. The maximum atomic E-state index is 12.1. The van der Waals surface area contributed by atoms with Crippen molar-refractivity contribution < 1.29 is 9.53 Å². The van der Waals surface area contributed by atoms with Crippen LogP contribution in [-0.2, 0) is 11.2 Å². The van der Waals surface area contributed by atoms with E-state index < -0.39 is 0 Å². The molecule has 0 aromatic heterocycles. The lowest BCUT2D eigenvalue weighted by Crippen LogP contribution is -2.29. The standard InChI is InChI=1S/C15H20BrNO2/c1-19-15-3-2-12(10-14(15)16)9-13(18)8-11-4-6-17-7-5-11/h2-3,10-11,17H,4-9H2,1H3. The van der Waals surface area contributed by atoms with E-state index >= 15 is 0 Å². The van der Waals surface area contributed by atoms with E-state index in [0.29, 0.717) is 24.5 Å². The zero-order valence-electron chi connectivity index (χ0n) is 11.2. The van der Waals surface area contributed by atoms with Crippen molar-refractivity contribution in [2.45, 2.75) is 25.7 Å². The van der Waals surface area contributed by atoms with Crippen LogP contribution in [0, 0.1) is 5.92 Å². The van der Waals surface area contributed by atoms with Crippen molar-refractivity contribution in [1.82, 2.24) is 5.32 Å². The van der Waals surface area contributed by atoms with Crippen molar-refractivity contribution in [3.63, 3.8) is 0 Å². The highest BCUT2D eigenvalue weighted by molar-refractivity contribution is 9.10. The molecular formula is C15H20BrNO2. The second-order valence-corrected chi connectivity index (χ2v) is 5.94. The number of ether oxygens (including phenoxy) is 1. The van der Waals surface area contributed by atoms with Crippen molar-refractivity contribution in [3.05, 3.63) is 28.2 Å². The van der Waals surface area contributed by atoms with Crippen LogP contribution >= 0.6 is 15.9 Å². The Kier molecular flexibility index (Phi) is 5.40. The van der Waals surface area contributed by atoms with Gasteiger partial charge in [-0.25, -0.2) is 0 Å². The number of hydrogen-bond donors (Lipinski definition) is 1. The van der Waals surface area contributed by atoms with Gasteiger partial charge in [0.2, 0.25) is 0 Å². The molecule has 0 unspecified atom stereocenters. The van der Waals surface area contributed by atoms with Crippen LogP contribution in [0.1, 0.15) is 24.8 Å². The first-order valence-corrected chi connectivity index (χ1v) is 7.53. The third-order valence-corrected chi connectivity index (χ3v) is 4.21. The Labute approximate surface area is 122 Å². The first-order chi connectivity index (χ1) is 9.19. The maximum Gasteiger partial charge on any atom is 0.137 e. The zero-order chi connectivity index (χ0) is 13.7. The van der Waals surface area contributed by atoms with E-state index in [0.717, 1.165) is 41.7 Å². The number of piperidine rings is 1. The summed E-state index contributed by atoms with van der Waals surface area (Å²) in [4.78, 5) is 12.1. The molecule has 1 heterocycles. The van der Waals surface area contributed by atoms with Gasteiger partial charge in [0, 0.05) is 12.8 Å². The quantitative estimate of drug-likeness (QED) is 0.904. The molecule has 0 aliphatic carbocycles. The zero-order valence-corrected chi connectivity index (χ0v) is 12.8. The molecule has 1 saturated heterocycles. The van der Waals surface area contributed by atoms with Crippen LogP contribution < -0.4 is 10.1 Å². The van der Waals surface area contributed by atoms with E-state index in [9.17, 15) is 4.79 Å². The van der Waals surface area contributed by atoms with Crippen LogP contribution in [-0.4, -0.2) is 26.0 Å². The molecule has 3 nitrogen and oxygen atoms in total. The van der Waals surface area contributed by atoms with Crippen molar-refractivity contribution in [2.24, 2.45) is 5.92 Å². The fraction of sp³-hybridized carbons (Fsp3) is 0.533. The monoisotopic (exact) mass is 325 g/mol. The Morgan fingerprint density at radius 2 is 2.16 bits per heavy atom. The molecule has 0 radical (unpaired) electrons. The largest absolute Gasteiger partial charge is 0.496 e. The number of benzene rings is 1. The fourth-order valence-corrected chi connectivity index (χ4v) is 3.12. The molecule has 104 valence electrons. The molecule has 0 atom stereocenters. The molecular weight excluding hydrogens is 306 g/mol. The number of ketones is 1. The highest BCUT2D eigenvalue weighted by Crippen LogP contribution is 2.26. The highest BCUT2D eigenvalue weighted by atomic mass is 79.9. The molecule has 1 aliphatic rings. The van der Waals surface area contributed by atoms with Crippen molar-refractivity contribution in [1.29, 1.82) is 0 Å². The third-order valence-electron chi connectivity index (χ3n) is 3.59. The molecule has 1 aromatic carbocycles. The van der Waals surface area contributed by atoms with Gasteiger partial charge in [-0.2, -0.15) is 0 Å². The first-order valence-electron chi connectivity index (χ1n) is 6.74. The molecule has 4 heteroatoms. The van der Waals surface area contributed by atoms with Gasteiger partial charge in [0.15, 0.2) is 0 Å². The minimum absolute atomic E-state index is 0.337. The van der Waals surface area contributed by atoms with Gasteiger partial charge in [-0.05, 0) is 65.5 Å². The van der Waals surface area contributed by atoms with Gasteiger partial charge < -0.3 is 10.1 Å². The van der Waals surface area contributed by atoms with E-state index in [1.807, 2.05) is 18.2 Å². The Balaban J connectivity index is 1.89. The first kappa shape index (κ1) is 14.5.